The molecule has 2 amide bonds. The molecule has 7 nitrogen and oxygen atoms in total. The molecule has 2 heterocycles. The molecule has 0 radical (unpaired) electrons. The van der Waals surface area contributed by atoms with E-state index in [0.717, 1.165) is 10.9 Å². The maximum absolute atomic E-state index is 12.8. The lowest BCUT2D eigenvalue weighted by atomic mass is 10.2. The fraction of sp³-hybridized carbons (Fsp3) is 0.412. The second kappa shape index (κ2) is 6.93. The molecule has 1 N–H and O–H groups in total. The predicted molar refractivity (Wildman–Crippen MR) is 95.8 cm³/mol. The fourth-order valence-corrected chi connectivity index (χ4v) is 2.94. The first-order valence-corrected chi connectivity index (χ1v) is 8.38. The van der Waals surface area contributed by atoms with Crippen LogP contribution in [0.4, 0.5) is 4.79 Å². The summed E-state index contributed by atoms with van der Waals surface area (Å²) in [6, 6.07) is 7.24. The molecule has 134 valence electrons. The first-order valence-electron chi connectivity index (χ1n) is 8.01. The van der Waals surface area contributed by atoms with Gasteiger partial charge in [0, 0.05) is 43.1 Å². The molecular weight excluding hydrogens is 344 g/mol. The van der Waals surface area contributed by atoms with Crippen molar-refractivity contribution >= 4 is 34.5 Å². The van der Waals surface area contributed by atoms with Gasteiger partial charge in [0.1, 0.15) is 5.69 Å². The molecule has 8 heteroatoms. The van der Waals surface area contributed by atoms with Gasteiger partial charge in [-0.15, -0.1) is 0 Å². The van der Waals surface area contributed by atoms with Crippen LogP contribution in [0.3, 0.4) is 0 Å². The van der Waals surface area contributed by atoms with Crippen molar-refractivity contribution < 1.29 is 14.3 Å². The first-order chi connectivity index (χ1) is 11.8. The van der Waals surface area contributed by atoms with E-state index in [1.807, 2.05) is 24.1 Å². The van der Waals surface area contributed by atoms with Crippen LogP contribution in [0.1, 0.15) is 10.5 Å². The summed E-state index contributed by atoms with van der Waals surface area (Å²) < 4.78 is 5.45. The van der Waals surface area contributed by atoms with Gasteiger partial charge in [0.05, 0.1) is 6.54 Å². The SMILES string of the molecule is CN(C)C(=O)OC1CN(C(=O)c2cc3cc(Cl)ccc3[nH]2)CCN1C. The summed E-state index contributed by atoms with van der Waals surface area (Å²) in [5.41, 5.74) is 1.36. The number of nitrogens with zero attached hydrogens (tertiary/aromatic N) is 3. The number of H-pyrrole nitrogens is 1. The maximum Gasteiger partial charge on any atom is 0.410 e. The summed E-state index contributed by atoms with van der Waals surface area (Å²) in [6.45, 7) is 1.52. The number of likely N-dealkylation sites (N-methyl/N-ethyl adjacent to an activating group) is 1. The summed E-state index contributed by atoms with van der Waals surface area (Å²) in [4.78, 5) is 32.7. The number of benzene rings is 1. The molecule has 3 rings (SSSR count). The highest BCUT2D eigenvalue weighted by molar-refractivity contribution is 6.31. The number of nitrogens with one attached hydrogen (secondary N) is 1. The average Bonchev–Trinajstić information content (AvgIpc) is 2.99. The standard InChI is InChI=1S/C17H21ClN4O3/c1-20(2)17(24)25-15-10-22(7-6-21(15)3)16(23)14-9-11-8-12(18)4-5-13(11)19-14/h4-5,8-9,15,19H,6-7,10H2,1-3H3. The summed E-state index contributed by atoms with van der Waals surface area (Å²) in [5, 5.41) is 1.52. The van der Waals surface area contributed by atoms with Crippen LogP contribution >= 0.6 is 11.6 Å². The zero-order valence-electron chi connectivity index (χ0n) is 14.5. The van der Waals surface area contributed by atoms with Crippen molar-refractivity contribution in [3.63, 3.8) is 0 Å². The largest absolute Gasteiger partial charge is 0.428 e. The molecule has 0 spiro atoms. The Morgan fingerprint density at radius 1 is 1.28 bits per heavy atom. The molecular formula is C17H21ClN4O3. The third kappa shape index (κ3) is 3.72. The van der Waals surface area contributed by atoms with Crippen LogP contribution in [0.25, 0.3) is 10.9 Å². The normalized spacial score (nSPS) is 18.4. The minimum atomic E-state index is -0.466. The molecule has 1 fully saturated rings. The highest BCUT2D eigenvalue weighted by Crippen LogP contribution is 2.21. The van der Waals surface area contributed by atoms with Crippen LogP contribution in [-0.4, -0.2) is 78.7 Å². The van der Waals surface area contributed by atoms with Gasteiger partial charge in [-0.25, -0.2) is 4.79 Å². The van der Waals surface area contributed by atoms with Crippen LogP contribution in [0.15, 0.2) is 24.3 Å². The van der Waals surface area contributed by atoms with Gasteiger partial charge in [0.2, 0.25) is 0 Å². The van der Waals surface area contributed by atoms with Gasteiger partial charge in [-0.3, -0.25) is 9.69 Å². The van der Waals surface area contributed by atoms with Gasteiger partial charge in [-0.05, 0) is 31.3 Å². The smallest absolute Gasteiger partial charge is 0.410 e. The molecule has 1 atom stereocenters. The number of carbonyl (C=O) groups is 2. The Balaban J connectivity index is 1.75. The van der Waals surface area contributed by atoms with E-state index in [4.69, 9.17) is 16.3 Å². The second-order valence-corrected chi connectivity index (χ2v) is 6.82. The van der Waals surface area contributed by atoms with E-state index in [2.05, 4.69) is 4.98 Å². The number of amides is 2. The topological polar surface area (TPSA) is 68.9 Å². The lowest BCUT2D eigenvalue weighted by Crippen LogP contribution is -2.55. The van der Waals surface area contributed by atoms with E-state index in [-0.39, 0.29) is 5.91 Å². The van der Waals surface area contributed by atoms with Gasteiger partial charge in [0.15, 0.2) is 6.23 Å². The van der Waals surface area contributed by atoms with Gasteiger partial charge >= 0.3 is 6.09 Å². The second-order valence-electron chi connectivity index (χ2n) is 6.38. The van der Waals surface area contributed by atoms with Crippen molar-refractivity contribution in [1.29, 1.82) is 0 Å². The van der Waals surface area contributed by atoms with E-state index in [9.17, 15) is 9.59 Å². The Labute approximate surface area is 151 Å². The van der Waals surface area contributed by atoms with Gasteiger partial charge in [-0.1, -0.05) is 11.6 Å². The van der Waals surface area contributed by atoms with E-state index < -0.39 is 12.3 Å². The fourth-order valence-electron chi connectivity index (χ4n) is 2.76. The third-order valence-corrected chi connectivity index (χ3v) is 4.53. The van der Waals surface area contributed by atoms with Gasteiger partial charge < -0.3 is 19.5 Å². The number of rotatable bonds is 2. The highest BCUT2D eigenvalue weighted by Gasteiger charge is 2.31. The van der Waals surface area contributed by atoms with Crippen molar-refractivity contribution in [1.82, 2.24) is 19.7 Å². The summed E-state index contributed by atoms with van der Waals surface area (Å²) >= 11 is 6.00. The van der Waals surface area contributed by atoms with Gasteiger partial charge in [0.25, 0.3) is 5.91 Å². The van der Waals surface area contributed by atoms with Crippen LogP contribution in [0, 0.1) is 0 Å². The molecule has 25 heavy (non-hydrogen) atoms. The molecule has 1 aliphatic rings. The summed E-state index contributed by atoms with van der Waals surface area (Å²) in [5.74, 6) is -0.119. The number of hydrogen-bond donors (Lipinski definition) is 1. The molecule has 1 unspecified atom stereocenters. The third-order valence-electron chi connectivity index (χ3n) is 4.29. The summed E-state index contributed by atoms with van der Waals surface area (Å²) in [7, 11) is 5.13. The van der Waals surface area contributed by atoms with E-state index in [1.165, 1.54) is 4.90 Å². The number of ether oxygens (including phenoxy) is 1. The minimum absolute atomic E-state index is 0.119. The quantitative estimate of drug-likeness (QED) is 0.887. The first kappa shape index (κ1) is 17.6. The predicted octanol–water partition coefficient (Wildman–Crippen LogP) is 2.23. The van der Waals surface area contributed by atoms with Crippen LogP contribution in [0.5, 0.6) is 0 Å². The molecule has 1 aromatic carbocycles. The molecule has 0 aliphatic carbocycles. The number of halogens is 1. The highest BCUT2D eigenvalue weighted by atomic mass is 35.5. The lowest BCUT2D eigenvalue weighted by molar-refractivity contribution is -0.0514. The van der Waals surface area contributed by atoms with Crippen LogP contribution in [0.2, 0.25) is 5.02 Å². The van der Waals surface area contributed by atoms with Crippen molar-refractivity contribution in [2.75, 3.05) is 40.8 Å². The zero-order valence-corrected chi connectivity index (χ0v) is 15.2. The number of piperazine rings is 1. The Bertz CT molecular complexity index is 804. The Kier molecular flexibility index (Phi) is 4.87. The lowest BCUT2D eigenvalue weighted by Gasteiger charge is -2.38. The van der Waals surface area contributed by atoms with E-state index >= 15 is 0 Å². The molecule has 1 aliphatic heterocycles. The minimum Gasteiger partial charge on any atom is -0.428 e. The molecule has 2 aromatic rings. The van der Waals surface area contributed by atoms with Crippen molar-refractivity contribution in [2.24, 2.45) is 0 Å². The van der Waals surface area contributed by atoms with Crippen molar-refractivity contribution in [2.45, 2.75) is 6.23 Å². The van der Waals surface area contributed by atoms with Crippen molar-refractivity contribution in [3.05, 3.63) is 35.0 Å². The Morgan fingerprint density at radius 3 is 2.76 bits per heavy atom. The average molecular weight is 365 g/mol. The van der Waals surface area contributed by atoms with E-state index in [1.54, 1.807) is 31.1 Å². The molecule has 1 saturated heterocycles. The van der Waals surface area contributed by atoms with E-state index in [0.29, 0.717) is 30.4 Å². The number of aromatic nitrogens is 1. The molecule has 1 aromatic heterocycles. The zero-order chi connectivity index (χ0) is 18.1. The van der Waals surface area contributed by atoms with Crippen molar-refractivity contribution in [3.8, 4) is 0 Å². The number of aromatic amines is 1. The Morgan fingerprint density at radius 2 is 2.04 bits per heavy atom. The number of fused-ring (bicyclic) bond motifs is 1. The molecule has 0 bridgehead atoms. The summed E-state index contributed by atoms with van der Waals surface area (Å²) in [6.07, 6.45) is -0.891. The van der Waals surface area contributed by atoms with Crippen LogP contribution < -0.4 is 0 Å². The van der Waals surface area contributed by atoms with Crippen LogP contribution in [-0.2, 0) is 4.74 Å². The number of carbonyl (C=O) groups excluding carboxylic acids is 2. The monoisotopic (exact) mass is 364 g/mol. The molecule has 0 saturated carbocycles. The maximum atomic E-state index is 12.8. The number of hydrogen-bond acceptors (Lipinski definition) is 4. The Hall–Kier alpha value is -2.25. The van der Waals surface area contributed by atoms with Gasteiger partial charge in [-0.2, -0.15) is 0 Å².